The molecule has 5 nitrogen and oxygen atoms in total. The largest absolute Gasteiger partial charge is 0.324 e. The third-order valence-electron chi connectivity index (χ3n) is 4.89. The van der Waals surface area contributed by atoms with E-state index in [1.807, 2.05) is 43.3 Å². The van der Waals surface area contributed by atoms with Crippen LogP contribution < -0.4 is 10.2 Å². The highest BCUT2D eigenvalue weighted by Crippen LogP contribution is 2.61. The van der Waals surface area contributed by atoms with Gasteiger partial charge in [0.1, 0.15) is 0 Å². The number of fused-ring (bicyclic) bond motifs is 2. The number of hydrogen-bond acceptors (Lipinski definition) is 3. The van der Waals surface area contributed by atoms with Gasteiger partial charge in [-0.3, -0.25) is 14.6 Å². The third kappa shape index (κ3) is 1.89. The standard InChI is InChI=1S/C18H17N3O2/c1-11-7-8-12(10-19-11)20-16(22)14-9-18(14)13-5-3-4-6-15(13)21(2)17(18)23/h3-8,10,14H,9H2,1-2H3,(H,20,22)/t14-,18-/m1/s1. The van der Waals surface area contributed by atoms with Crippen molar-refractivity contribution in [1.82, 2.24) is 4.98 Å². The van der Waals surface area contributed by atoms with Crippen molar-refractivity contribution >= 4 is 23.2 Å². The topological polar surface area (TPSA) is 62.3 Å². The predicted molar refractivity (Wildman–Crippen MR) is 87.2 cm³/mol. The van der Waals surface area contributed by atoms with Crippen LogP contribution in [0.1, 0.15) is 17.7 Å². The zero-order valence-electron chi connectivity index (χ0n) is 13.0. The molecule has 2 amide bonds. The number of nitrogens with one attached hydrogen (secondary N) is 1. The normalized spacial score (nSPS) is 24.7. The van der Waals surface area contributed by atoms with Gasteiger partial charge < -0.3 is 10.2 Å². The molecule has 2 atom stereocenters. The van der Waals surface area contributed by atoms with E-state index in [1.54, 1.807) is 18.1 Å². The number of carbonyl (C=O) groups excluding carboxylic acids is 2. The summed E-state index contributed by atoms with van der Waals surface area (Å²) in [5, 5.41) is 2.88. The molecule has 2 aliphatic rings. The van der Waals surface area contributed by atoms with Crippen LogP contribution in [0, 0.1) is 12.8 Å². The average Bonchev–Trinajstić information content (AvgIpc) is 3.28. The number of aromatic nitrogens is 1. The van der Waals surface area contributed by atoms with Gasteiger partial charge in [-0.05, 0) is 37.1 Å². The number of rotatable bonds is 2. The molecule has 1 fully saturated rings. The molecule has 1 aromatic carbocycles. The maximum absolute atomic E-state index is 12.7. The summed E-state index contributed by atoms with van der Waals surface area (Å²) >= 11 is 0. The molecule has 5 heteroatoms. The van der Waals surface area contributed by atoms with Crippen molar-refractivity contribution in [3.05, 3.63) is 53.9 Å². The first kappa shape index (κ1) is 13.9. The highest BCUT2D eigenvalue weighted by molar-refractivity contribution is 6.15. The van der Waals surface area contributed by atoms with Crippen LogP contribution in [0.5, 0.6) is 0 Å². The van der Waals surface area contributed by atoms with Gasteiger partial charge in [0, 0.05) is 18.4 Å². The molecule has 1 aliphatic carbocycles. The van der Waals surface area contributed by atoms with Crippen LogP contribution in [0.15, 0.2) is 42.6 Å². The molecule has 2 heterocycles. The van der Waals surface area contributed by atoms with E-state index >= 15 is 0 Å². The Labute approximate surface area is 134 Å². The number of carbonyl (C=O) groups is 2. The minimum Gasteiger partial charge on any atom is -0.324 e. The predicted octanol–water partition coefficient (Wildman–Crippen LogP) is 2.26. The monoisotopic (exact) mass is 307 g/mol. The number of aryl methyl sites for hydroxylation is 1. The number of anilines is 2. The number of hydrogen-bond donors (Lipinski definition) is 1. The van der Waals surface area contributed by atoms with Crippen LogP contribution in [0.2, 0.25) is 0 Å². The first-order valence-corrected chi connectivity index (χ1v) is 7.65. The minimum atomic E-state index is -0.673. The number of para-hydroxylation sites is 1. The van der Waals surface area contributed by atoms with Gasteiger partial charge in [0.25, 0.3) is 0 Å². The lowest BCUT2D eigenvalue weighted by Crippen LogP contribution is -2.32. The highest BCUT2D eigenvalue weighted by Gasteiger charge is 2.69. The third-order valence-corrected chi connectivity index (χ3v) is 4.89. The molecule has 1 aliphatic heterocycles. The van der Waals surface area contributed by atoms with Crippen molar-refractivity contribution in [2.75, 3.05) is 17.3 Å². The van der Waals surface area contributed by atoms with Gasteiger partial charge in [0.05, 0.1) is 23.2 Å². The zero-order chi connectivity index (χ0) is 16.2. The van der Waals surface area contributed by atoms with Gasteiger partial charge in [-0.15, -0.1) is 0 Å². The number of benzene rings is 1. The Morgan fingerprint density at radius 2 is 2.09 bits per heavy atom. The van der Waals surface area contributed by atoms with E-state index in [1.165, 1.54) is 0 Å². The summed E-state index contributed by atoms with van der Waals surface area (Å²) < 4.78 is 0. The van der Waals surface area contributed by atoms with Crippen molar-refractivity contribution < 1.29 is 9.59 Å². The second kappa shape index (κ2) is 4.65. The molecule has 0 bridgehead atoms. The Balaban J connectivity index is 1.60. The van der Waals surface area contributed by atoms with E-state index in [0.717, 1.165) is 16.9 Å². The Kier molecular flexibility index (Phi) is 2.82. The second-order valence-corrected chi connectivity index (χ2v) is 6.29. The summed E-state index contributed by atoms with van der Waals surface area (Å²) in [5.41, 5.74) is 2.76. The molecular formula is C18H17N3O2. The summed E-state index contributed by atoms with van der Waals surface area (Å²) in [6.07, 6.45) is 2.21. The fraction of sp³-hybridized carbons (Fsp3) is 0.278. The van der Waals surface area contributed by atoms with Gasteiger partial charge in [0.15, 0.2) is 0 Å². The Morgan fingerprint density at radius 3 is 2.83 bits per heavy atom. The number of amides is 2. The summed E-state index contributed by atoms with van der Waals surface area (Å²) in [5.74, 6) is -0.419. The number of pyridine rings is 1. The summed E-state index contributed by atoms with van der Waals surface area (Å²) in [6, 6.07) is 11.4. The molecule has 2 aromatic rings. The summed E-state index contributed by atoms with van der Waals surface area (Å²) in [6.45, 7) is 1.89. The fourth-order valence-electron chi connectivity index (χ4n) is 3.55. The SMILES string of the molecule is Cc1ccc(NC(=O)[C@H]2C[C@]23C(=O)N(C)c2ccccc23)cn1. The van der Waals surface area contributed by atoms with Crippen LogP contribution in [-0.4, -0.2) is 23.8 Å². The minimum absolute atomic E-state index is 0.0147. The number of likely N-dealkylation sites (N-methyl/N-ethyl adjacent to an activating group) is 1. The van der Waals surface area contributed by atoms with Crippen molar-refractivity contribution in [1.29, 1.82) is 0 Å². The molecular weight excluding hydrogens is 290 g/mol. The zero-order valence-corrected chi connectivity index (χ0v) is 13.0. The van der Waals surface area contributed by atoms with Crippen molar-refractivity contribution in [3.63, 3.8) is 0 Å². The lowest BCUT2D eigenvalue weighted by Gasteiger charge is -2.11. The van der Waals surface area contributed by atoms with E-state index < -0.39 is 5.41 Å². The summed E-state index contributed by atoms with van der Waals surface area (Å²) in [7, 11) is 1.77. The molecule has 1 spiro atoms. The Morgan fingerprint density at radius 1 is 1.30 bits per heavy atom. The smallest absolute Gasteiger partial charge is 0.238 e. The molecule has 23 heavy (non-hydrogen) atoms. The van der Waals surface area contributed by atoms with Crippen LogP contribution in [0.3, 0.4) is 0 Å². The van der Waals surface area contributed by atoms with E-state index in [-0.39, 0.29) is 17.7 Å². The molecule has 116 valence electrons. The molecule has 1 aromatic heterocycles. The maximum atomic E-state index is 12.7. The molecule has 0 radical (unpaired) electrons. The van der Waals surface area contributed by atoms with Crippen molar-refractivity contribution in [2.24, 2.45) is 5.92 Å². The summed E-state index contributed by atoms with van der Waals surface area (Å²) in [4.78, 5) is 31.1. The quantitative estimate of drug-likeness (QED) is 0.925. The van der Waals surface area contributed by atoms with Crippen molar-refractivity contribution in [2.45, 2.75) is 18.8 Å². The maximum Gasteiger partial charge on any atom is 0.238 e. The highest BCUT2D eigenvalue weighted by atomic mass is 16.2. The second-order valence-electron chi connectivity index (χ2n) is 6.29. The number of nitrogens with zero attached hydrogens (tertiary/aromatic N) is 2. The lowest BCUT2D eigenvalue weighted by atomic mass is 9.94. The van der Waals surface area contributed by atoms with E-state index in [0.29, 0.717) is 12.1 Å². The van der Waals surface area contributed by atoms with Gasteiger partial charge >= 0.3 is 0 Å². The molecule has 4 rings (SSSR count). The van der Waals surface area contributed by atoms with E-state index in [2.05, 4.69) is 10.3 Å². The first-order valence-electron chi connectivity index (χ1n) is 7.65. The van der Waals surface area contributed by atoms with Gasteiger partial charge in [-0.2, -0.15) is 0 Å². The first-order chi connectivity index (χ1) is 11.0. The Hall–Kier alpha value is -2.69. The van der Waals surface area contributed by atoms with Crippen LogP contribution in [0.4, 0.5) is 11.4 Å². The van der Waals surface area contributed by atoms with Crippen LogP contribution in [0.25, 0.3) is 0 Å². The van der Waals surface area contributed by atoms with Crippen LogP contribution in [-0.2, 0) is 15.0 Å². The van der Waals surface area contributed by atoms with Crippen LogP contribution >= 0.6 is 0 Å². The van der Waals surface area contributed by atoms with Crippen molar-refractivity contribution in [3.8, 4) is 0 Å². The van der Waals surface area contributed by atoms with E-state index in [4.69, 9.17) is 0 Å². The molecule has 0 saturated heterocycles. The molecule has 1 saturated carbocycles. The average molecular weight is 307 g/mol. The van der Waals surface area contributed by atoms with Gasteiger partial charge in [0.2, 0.25) is 11.8 Å². The van der Waals surface area contributed by atoms with Gasteiger partial charge in [-0.25, -0.2) is 0 Å². The molecule has 1 N–H and O–H groups in total. The Bertz CT molecular complexity index is 815. The fourth-order valence-corrected chi connectivity index (χ4v) is 3.55. The lowest BCUT2D eigenvalue weighted by molar-refractivity contribution is -0.123. The molecule has 0 unspecified atom stereocenters. The van der Waals surface area contributed by atoms with E-state index in [9.17, 15) is 9.59 Å². The van der Waals surface area contributed by atoms with Gasteiger partial charge in [-0.1, -0.05) is 18.2 Å².